The summed E-state index contributed by atoms with van der Waals surface area (Å²) in [6.07, 6.45) is -1.81. The normalized spacial score (nSPS) is 14.2. The SMILES string of the molecule is CC(C)C(NC(=O)C(CCC(N)=O)NC(=O)C(CCC(N)=O)NC(=O)C(N)CCC(=O)O)C(=O)O. The molecule has 15 heteroatoms. The van der Waals surface area contributed by atoms with Crippen LogP contribution in [0.5, 0.6) is 0 Å². The first-order chi connectivity index (χ1) is 16.1. The molecule has 0 aromatic rings. The van der Waals surface area contributed by atoms with Gasteiger partial charge in [-0.2, -0.15) is 0 Å². The molecule has 4 unspecified atom stereocenters. The Morgan fingerprint density at radius 1 is 0.686 bits per heavy atom. The Morgan fingerprint density at radius 2 is 1.11 bits per heavy atom. The van der Waals surface area contributed by atoms with Crippen LogP contribution in [0, 0.1) is 5.92 Å². The minimum absolute atomic E-state index is 0.221. The van der Waals surface area contributed by atoms with Crippen LogP contribution in [0.4, 0.5) is 0 Å². The van der Waals surface area contributed by atoms with Crippen LogP contribution in [0.2, 0.25) is 0 Å². The lowest BCUT2D eigenvalue weighted by atomic mass is 10.0. The summed E-state index contributed by atoms with van der Waals surface area (Å²) in [4.78, 5) is 82.4. The van der Waals surface area contributed by atoms with Gasteiger partial charge in [-0.15, -0.1) is 0 Å². The van der Waals surface area contributed by atoms with Crippen LogP contribution in [-0.2, 0) is 33.6 Å². The number of carboxylic acid groups (broad SMARTS) is 2. The molecule has 0 aliphatic rings. The van der Waals surface area contributed by atoms with Gasteiger partial charge in [0.25, 0.3) is 0 Å². The van der Waals surface area contributed by atoms with Crippen molar-refractivity contribution in [2.45, 2.75) is 76.5 Å². The maximum Gasteiger partial charge on any atom is 0.326 e. The highest BCUT2D eigenvalue weighted by molar-refractivity contribution is 5.94. The predicted molar refractivity (Wildman–Crippen MR) is 120 cm³/mol. The van der Waals surface area contributed by atoms with E-state index < -0.39 is 78.0 Å². The smallest absolute Gasteiger partial charge is 0.326 e. The van der Waals surface area contributed by atoms with E-state index >= 15 is 0 Å². The minimum atomic E-state index is -1.40. The summed E-state index contributed by atoms with van der Waals surface area (Å²) in [5, 5.41) is 24.9. The monoisotopic (exact) mass is 502 g/mol. The number of carboxylic acids is 2. The molecule has 0 rings (SSSR count). The lowest BCUT2D eigenvalue weighted by Gasteiger charge is -2.25. The molecule has 0 heterocycles. The fourth-order valence-electron chi connectivity index (χ4n) is 2.84. The van der Waals surface area contributed by atoms with Crippen LogP contribution in [0.25, 0.3) is 0 Å². The van der Waals surface area contributed by atoms with Gasteiger partial charge in [-0.1, -0.05) is 13.8 Å². The minimum Gasteiger partial charge on any atom is -0.481 e. The molecular formula is C20H34N6O9. The van der Waals surface area contributed by atoms with Crippen LogP contribution in [0.15, 0.2) is 0 Å². The summed E-state index contributed by atoms with van der Waals surface area (Å²) in [5.41, 5.74) is 15.9. The fourth-order valence-corrected chi connectivity index (χ4v) is 2.84. The molecule has 0 aromatic heterocycles. The van der Waals surface area contributed by atoms with Gasteiger partial charge in [0, 0.05) is 19.3 Å². The maximum atomic E-state index is 12.9. The Labute approximate surface area is 201 Å². The van der Waals surface area contributed by atoms with Crippen molar-refractivity contribution < 1.29 is 43.8 Å². The zero-order valence-electron chi connectivity index (χ0n) is 19.6. The van der Waals surface area contributed by atoms with Crippen molar-refractivity contribution >= 4 is 41.5 Å². The predicted octanol–water partition coefficient (Wildman–Crippen LogP) is -3.10. The van der Waals surface area contributed by atoms with E-state index in [1.54, 1.807) is 13.8 Å². The Kier molecular flexibility index (Phi) is 13.6. The molecular weight excluding hydrogens is 468 g/mol. The van der Waals surface area contributed by atoms with E-state index in [9.17, 15) is 38.7 Å². The van der Waals surface area contributed by atoms with E-state index in [0.717, 1.165) is 0 Å². The van der Waals surface area contributed by atoms with Gasteiger partial charge in [-0.3, -0.25) is 28.8 Å². The molecule has 0 radical (unpaired) electrons. The van der Waals surface area contributed by atoms with Gasteiger partial charge in [0.05, 0.1) is 6.04 Å². The summed E-state index contributed by atoms with van der Waals surface area (Å²) in [5.74, 6) is -7.27. The second-order valence-corrected chi connectivity index (χ2v) is 8.24. The standard InChI is InChI=1S/C20H34N6O9/c1-9(2)16(20(34)35)26-19(33)12(5-7-14(23)28)25-18(32)11(4-6-13(22)27)24-17(31)10(21)3-8-15(29)30/h9-12,16H,3-8,21H2,1-2H3,(H2,22,27)(H2,23,28)(H,24,31)(H,25,32)(H,26,33)(H,29,30)(H,34,35). The number of hydrogen-bond acceptors (Lipinski definition) is 8. The molecule has 0 aromatic carbocycles. The number of aliphatic carboxylic acids is 2. The highest BCUT2D eigenvalue weighted by Crippen LogP contribution is 2.07. The Hall–Kier alpha value is -3.75. The largest absolute Gasteiger partial charge is 0.481 e. The quantitative estimate of drug-likeness (QED) is 0.0991. The van der Waals surface area contributed by atoms with Gasteiger partial charge >= 0.3 is 11.9 Å². The first-order valence-corrected chi connectivity index (χ1v) is 10.8. The third-order valence-corrected chi connectivity index (χ3v) is 4.86. The molecule has 11 N–H and O–H groups in total. The van der Waals surface area contributed by atoms with Crippen molar-refractivity contribution in [3.05, 3.63) is 0 Å². The number of nitrogens with one attached hydrogen (secondary N) is 3. The molecule has 0 saturated heterocycles. The number of amides is 5. The van der Waals surface area contributed by atoms with E-state index in [0.29, 0.717) is 0 Å². The summed E-state index contributed by atoms with van der Waals surface area (Å²) < 4.78 is 0. The van der Waals surface area contributed by atoms with Crippen LogP contribution in [-0.4, -0.2) is 75.9 Å². The summed E-state index contributed by atoms with van der Waals surface area (Å²) >= 11 is 0. The molecule has 0 spiro atoms. The summed E-state index contributed by atoms with van der Waals surface area (Å²) in [6, 6.07) is -5.35. The topological polar surface area (TPSA) is 274 Å². The third kappa shape index (κ3) is 12.9. The lowest BCUT2D eigenvalue weighted by Crippen LogP contribution is -2.57. The number of nitrogens with two attached hydrogens (primary N) is 3. The van der Waals surface area contributed by atoms with Gasteiger partial charge in [-0.05, 0) is 25.2 Å². The van der Waals surface area contributed by atoms with Crippen molar-refractivity contribution in [1.29, 1.82) is 0 Å². The van der Waals surface area contributed by atoms with Gasteiger partial charge in [0.1, 0.15) is 18.1 Å². The third-order valence-electron chi connectivity index (χ3n) is 4.86. The number of primary amides is 2. The van der Waals surface area contributed by atoms with E-state index in [-0.39, 0.29) is 32.1 Å². The van der Waals surface area contributed by atoms with Gasteiger partial charge < -0.3 is 43.4 Å². The second kappa shape index (κ2) is 15.2. The Balaban J connectivity index is 5.61. The zero-order chi connectivity index (χ0) is 27.3. The molecule has 15 nitrogen and oxygen atoms in total. The van der Waals surface area contributed by atoms with E-state index in [1.165, 1.54) is 0 Å². The number of carbonyl (C=O) groups is 7. The fraction of sp³-hybridized carbons (Fsp3) is 0.650. The van der Waals surface area contributed by atoms with Crippen molar-refractivity contribution in [3.63, 3.8) is 0 Å². The van der Waals surface area contributed by atoms with Crippen LogP contribution in [0.3, 0.4) is 0 Å². The average Bonchev–Trinajstić information content (AvgIpc) is 2.74. The highest BCUT2D eigenvalue weighted by atomic mass is 16.4. The average molecular weight is 503 g/mol. The Bertz CT molecular complexity index is 817. The maximum absolute atomic E-state index is 12.9. The number of carbonyl (C=O) groups excluding carboxylic acids is 5. The van der Waals surface area contributed by atoms with Crippen LogP contribution in [0.1, 0.15) is 52.4 Å². The molecule has 0 saturated carbocycles. The van der Waals surface area contributed by atoms with Crippen molar-refractivity contribution in [2.75, 3.05) is 0 Å². The molecule has 35 heavy (non-hydrogen) atoms. The lowest BCUT2D eigenvalue weighted by molar-refractivity contribution is -0.143. The highest BCUT2D eigenvalue weighted by Gasteiger charge is 2.31. The molecule has 0 aliphatic carbocycles. The van der Waals surface area contributed by atoms with E-state index in [4.69, 9.17) is 22.3 Å². The first kappa shape index (κ1) is 31.2. The summed E-state index contributed by atoms with van der Waals surface area (Å²) in [7, 11) is 0. The van der Waals surface area contributed by atoms with Gasteiger partial charge in [0.2, 0.25) is 29.5 Å². The van der Waals surface area contributed by atoms with Gasteiger partial charge in [-0.25, -0.2) is 4.79 Å². The van der Waals surface area contributed by atoms with E-state index in [2.05, 4.69) is 16.0 Å². The molecule has 4 atom stereocenters. The molecule has 0 fully saturated rings. The second-order valence-electron chi connectivity index (χ2n) is 8.24. The Morgan fingerprint density at radius 3 is 1.49 bits per heavy atom. The number of hydrogen-bond donors (Lipinski definition) is 8. The molecule has 0 aliphatic heterocycles. The first-order valence-electron chi connectivity index (χ1n) is 10.8. The van der Waals surface area contributed by atoms with Crippen molar-refractivity contribution in [3.8, 4) is 0 Å². The molecule has 0 bridgehead atoms. The number of rotatable bonds is 17. The van der Waals surface area contributed by atoms with Crippen molar-refractivity contribution in [1.82, 2.24) is 16.0 Å². The molecule has 5 amide bonds. The zero-order valence-corrected chi connectivity index (χ0v) is 19.6. The molecule has 198 valence electrons. The van der Waals surface area contributed by atoms with Crippen molar-refractivity contribution in [2.24, 2.45) is 23.1 Å². The summed E-state index contributed by atoms with van der Waals surface area (Å²) in [6.45, 7) is 3.11. The van der Waals surface area contributed by atoms with Gasteiger partial charge in [0.15, 0.2) is 0 Å². The van der Waals surface area contributed by atoms with E-state index in [1.807, 2.05) is 0 Å². The van der Waals surface area contributed by atoms with Crippen LogP contribution < -0.4 is 33.2 Å². The van der Waals surface area contributed by atoms with Crippen LogP contribution >= 0.6 is 0 Å².